The SMILES string of the molecule is Cc1nnc(-n2c(=O)n(CCN(C)C)c3ccc(S(=O)(=O)NC4(CF)CC4)cc32)s1. The number of hydrogen-bond donors (Lipinski definition) is 1. The van der Waals surface area contributed by atoms with Crippen LogP contribution in [0.3, 0.4) is 0 Å². The Morgan fingerprint density at radius 3 is 2.57 bits per heavy atom. The normalized spacial score (nSPS) is 15.9. The van der Waals surface area contributed by atoms with E-state index in [1.165, 1.54) is 28.0 Å². The molecule has 0 amide bonds. The van der Waals surface area contributed by atoms with Crippen molar-refractivity contribution < 1.29 is 12.8 Å². The lowest BCUT2D eigenvalue weighted by atomic mass is 10.3. The molecule has 1 aliphatic rings. The van der Waals surface area contributed by atoms with Crippen LogP contribution in [0.25, 0.3) is 16.2 Å². The van der Waals surface area contributed by atoms with E-state index in [2.05, 4.69) is 14.9 Å². The van der Waals surface area contributed by atoms with E-state index in [9.17, 15) is 17.6 Å². The highest BCUT2D eigenvalue weighted by Gasteiger charge is 2.46. The maximum Gasteiger partial charge on any atom is 0.335 e. The average molecular weight is 455 g/mol. The molecule has 2 aromatic heterocycles. The fourth-order valence-electron chi connectivity index (χ4n) is 3.24. The summed E-state index contributed by atoms with van der Waals surface area (Å²) >= 11 is 1.25. The maximum absolute atomic E-state index is 13.2. The molecular formula is C18H23FN6O3S2. The zero-order valence-corrected chi connectivity index (χ0v) is 18.6. The van der Waals surface area contributed by atoms with Crippen LogP contribution in [0.15, 0.2) is 27.9 Å². The smallest absolute Gasteiger partial charge is 0.308 e. The summed E-state index contributed by atoms with van der Waals surface area (Å²) in [5.74, 6) is 0. The van der Waals surface area contributed by atoms with Gasteiger partial charge in [-0.1, -0.05) is 11.3 Å². The Morgan fingerprint density at radius 1 is 1.27 bits per heavy atom. The number of alkyl halides is 1. The first-order valence-electron chi connectivity index (χ1n) is 9.46. The van der Waals surface area contributed by atoms with Crippen molar-refractivity contribution in [2.45, 2.75) is 36.7 Å². The number of rotatable bonds is 8. The average Bonchev–Trinajstić information content (AvgIpc) is 3.22. The first-order chi connectivity index (χ1) is 14.2. The molecule has 9 nitrogen and oxygen atoms in total. The number of sulfonamides is 1. The summed E-state index contributed by atoms with van der Waals surface area (Å²) in [6, 6.07) is 4.50. The molecule has 1 fully saturated rings. The molecule has 0 unspecified atom stereocenters. The highest BCUT2D eigenvalue weighted by Crippen LogP contribution is 2.37. The van der Waals surface area contributed by atoms with Crippen LogP contribution < -0.4 is 10.4 Å². The van der Waals surface area contributed by atoms with Crippen LogP contribution in [0.2, 0.25) is 0 Å². The van der Waals surface area contributed by atoms with Gasteiger partial charge in [0.25, 0.3) is 0 Å². The molecule has 1 N–H and O–H groups in total. The highest BCUT2D eigenvalue weighted by molar-refractivity contribution is 7.89. The molecule has 1 aromatic carbocycles. The molecule has 0 bridgehead atoms. The Labute approximate surface area is 177 Å². The van der Waals surface area contributed by atoms with E-state index in [1.54, 1.807) is 17.6 Å². The van der Waals surface area contributed by atoms with E-state index in [4.69, 9.17) is 0 Å². The molecule has 0 radical (unpaired) electrons. The van der Waals surface area contributed by atoms with Crippen molar-refractivity contribution in [3.8, 4) is 5.13 Å². The lowest BCUT2D eigenvalue weighted by Crippen LogP contribution is -2.38. The van der Waals surface area contributed by atoms with Gasteiger partial charge in [-0.05, 0) is 52.1 Å². The molecule has 3 aromatic rings. The molecule has 0 atom stereocenters. The lowest BCUT2D eigenvalue weighted by Gasteiger charge is -2.14. The highest BCUT2D eigenvalue weighted by atomic mass is 32.2. The number of nitrogens with one attached hydrogen (secondary N) is 1. The second-order valence-corrected chi connectivity index (χ2v) is 10.7. The number of fused-ring (bicyclic) bond motifs is 1. The minimum absolute atomic E-state index is 0.0190. The molecule has 0 aliphatic heterocycles. The van der Waals surface area contributed by atoms with Crippen LogP contribution in [0.4, 0.5) is 4.39 Å². The third-order valence-electron chi connectivity index (χ3n) is 5.15. The predicted molar refractivity (Wildman–Crippen MR) is 113 cm³/mol. The summed E-state index contributed by atoms with van der Waals surface area (Å²) in [6.07, 6.45) is 0.946. The van der Waals surface area contributed by atoms with Crippen molar-refractivity contribution in [1.29, 1.82) is 0 Å². The summed E-state index contributed by atoms with van der Waals surface area (Å²) < 4.78 is 44.4. The second-order valence-electron chi connectivity index (χ2n) is 7.85. The van der Waals surface area contributed by atoms with Gasteiger partial charge < -0.3 is 4.90 Å². The van der Waals surface area contributed by atoms with Crippen molar-refractivity contribution in [3.05, 3.63) is 33.7 Å². The maximum atomic E-state index is 13.2. The Kier molecular flexibility index (Phi) is 5.29. The number of imidazole rings is 1. The van der Waals surface area contributed by atoms with Gasteiger partial charge in [0.2, 0.25) is 15.2 Å². The van der Waals surface area contributed by atoms with E-state index in [-0.39, 0.29) is 10.6 Å². The quantitative estimate of drug-likeness (QED) is 0.550. The van der Waals surface area contributed by atoms with Crippen molar-refractivity contribution in [2.75, 3.05) is 27.3 Å². The third-order valence-corrected chi connectivity index (χ3v) is 7.55. The number of hydrogen-bond acceptors (Lipinski definition) is 7. The van der Waals surface area contributed by atoms with Gasteiger partial charge in [0.1, 0.15) is 11.7 Å². The fourth-order valence-corrected chi connectivity index (χ4v) is 5.40. The second kappa shape index (κ2) is 7.52. The number of nitrogens with zero attached hydrogens (tertiary/aromatic N) is 5. The first kappa shape index (κ1) is 21.1. The summed E-state index contributed by atoms with van der Waals surface area (Å²) in [4.78, 5) is 15.1. The number of aryl methyl sites for hydroxylation is 1. The van der Waals surface area contributed by atoms with Gasteiger partial charge in [-0.15, -0.1) is 10.2 Å². The number of likely N-dealkylation sites (N-methyl/N-ethyl adjacent to an activating group) is 1. The lowest BCUT2D eigenvalue weighted by molar-refractivity contribution is 0.383. The van der Waals surface area contributed by atoms with Crippen molar-refractivity contribution >= 4 is 32.4 Å². The fraction of sp³-hybridized carbons (Fsp3) is 0.500. The van der Waals surface area contributed by atoms with Gasteiger partial charge in [0.15, 0.2) is 0 Å². The Morgan fingerprint density at radius 2 is 2.00 bits per heavy atom. The van der Waals surface area contributed by atoms with Crippen molar-refractivity contribution in [3.63, 3.8) is 0 Å². The molecule has 162 valence electrons. The minimum atomic E-state index is -3.94. The molecule has 1 saturated carbocycles. The summed E-state index contributed by atoms with van der Waals surface area (Å²) in [5, 5.41) is 9.12. The van der Waals surface area contributed by atoms with Crippen molar-refractivity contribution in [1.82, 2.24) is 29.0 Å². The standard InChI is InChI=1S/C18H23FN6O3S2/c1-12-20-21-16(29-12)25-15-10-13(30(27,28)22-18(11-19)6-7-18)4-5-14(15)24(17(25)26)9-8-23(2)3/h4-5,10,22H,6-9,11H2,1-3H3. The van der Waals surface area contributed by atoms with E-state index in [0.29, 0.717) is 47.1 Å². The number of benzene rings is 1. The van der Waals surface area contributed by atoms with Crippen molar-refractivity contribution in [2.24, 2.45) is 0 Å². The zero-order chi connectivity index (χ0) is 21.7. The van der Waals surface area contributed by atoms with Gasteiger partial charge in [-0.25, -0.2) is 26.9 Å². The van der Waals surface area contributed by atoms with Gasteiger partial charge in [-0.2, -0.15) is 0 Å². The van der Waals surface area contributed by atoms with Gasteiger partial charge in [-0.3, -0.25) is 4.57 Å². The van der Waals surface area contributed by atoms with Crippen LogP contribution in [-0.2, 0) is 16.6 Å². The molecule has 0 spiro atoms. The summed E-state index contributed by atoms with van der Waals surface area (Å²) in [6.45, 7) is 2.10. The van der Waals surface area contributed by atoms with Crippen LogP contribution in [0.1, 0.15) is 17.8 Å². The van der Waals surface area contributed by atoms with Gasteiger partial charge in [0, 0.05) is 13.1 Å². The monoisotopic (exact) mass is 454 g/mol. The molecule has 1 aliphatic carbocycles. The first-order valence-corrected chi connectivity index (χ1v) is 11.8. The number of halogens is 1. The topological polar surface area (TPSA) is 102 Å². The molecule has 4 rings (SSSR count). The van der Waals surface area contributed by atoms with Crippen LogP contribution >= 0.6 is 11.3 Å². The Bertz CT molecular complexity index is 1260. The van der Waals surface area contributed by atoms with E-state index < -0.39 is 22.2 Å². The predicted octanol–water partition coefficient (Wildman–Crippen LogP) is 1.29. The van der Waals surface area contributed by atoms with Gasteiger partial charge in [0.05, 0.1) is 21.5 Å². The Hall–Kier alpha value is -2.15. The number of aromatic nitrogens is 4. The Balaban J connectivity index is 1.86. The summed E-state index contributed by atoms with van der Waals surface area (Å²) in [7, 11) is -0.118. The minimum Gasteiger partial charge on any atom is -0.308 e. The summed E-state index contributed by atoms with van der Waals surface area (Å²) in [5.41, 5.74) is -0.294. The van der Waals surface area contributed by atoms with E-state index in [1.807, 2.05) is 19.0 Å². The molecule has 0 saturated heterocycles. The van der Waals surface area contributed by atoms with E-state index >= 15 is 0 Å². The molecule has 12 heteroatoms. The third kappa shape index (κ3) is 3.80. The zero-order valence-electron chi connectivity index (χ0n) is 16.9. The van der Waals surface area contributed by atoms with Crippen LogP contribution in [0.5, 0.6) is 0 Å². The van der Waals surface area contributed by atoms with E-state index in [0.717, 1.165) is 0 Å². The van der Waals surface area contributed by atoms with Crippen LogP contribution in [0, 0.1) is 6.92 Å². The van der Waals surface area contributed by atoms with Crippen LogP contribution in [-0.4, -0.2) is 65.5 Å². The molecule has 30 heavy (non-hydrogen) atoms. The molecular weight excluding hydrogens is 431 g/mol. The largest absolute Gasteiger partial charge is 0.335 e. The van der Waals surface area contributed by atoms with Gasteiger partial charge >= 0.3 is 5.69 Å². The molecule has 2 heterocycles.